The van der Waals surface area contributed by atoms with Gasteiger partial charge in [-0.1, -0.05) is 53.0 Å². The molecule has 8 heteroatoms. The minimum absolute atomic E-state index is 0.227. The number of thiophene rings is 1. The van der Waals surface area contributed by atoms with E-state index >= 15 is 0 Å². The van der Waals surface area contributed by atoms with E-state index in [1.54, 1.807) is 46.4 Å². The van der Waals surface area contributed by atoms with Crippen LogP contribution in [0.4, 0.5) is 0 Å². The molecule has 4 aromatic rings. The second-order valence-electron chi connectivity index (χ2n) is 6.53. The van der Waals surface area contributed by atoms with Crippen LogP contribution >= 0.6 is 46.1 Å². The van der Waals surface area contributed by atoms with Crippen molar-refractivity contribution in [2.75, 3.05) is 6.54 Å². The summed E-state index contributed by atoms with van der Waals surface area (Å²) in [7, 11) is 0. The van der Waals surface area contributed by atoms with E-state index in [0.717, 1.165) is 21.8 Å². The van der Waals surface area contributed by atoms with Crippen LogP contribution in [0.2, 0.25) is 15.1 Å². The number of rotatable bonds is 6. The highest BCUT2D eigenvalue weighted by molar-refractivity contribution is 7.13. The average molecular weight is 477 g/mol. The number of halogens is 3. The van der Waals surface area contributed by atoms with Crippen LogP contribution in [0.3, 0.4) is 0 Å². The van der Waals surface area contributed by atoms with Crippen molar-refractivity contribution in [1.82, 2.24) is 15.1 Å². The Morgan fingerprint density at radius 2 is 1.83 bits per heavy atom. The molecule has 0 unspecified atom stereocenters. The molecule has 4 rings (SSSR count). The van der Waals surface area contributed by atoms with Crippen LogP contribution in [0.1, 0.15) is 16.1 Å². The SMILES string of the molecule is O=C(NCCc1ccc(Cl)cc1Cl)c1cc(-c2cccs2)nn1-c1cccc(Cl)c1. The maximum atomic E-state index is 13.0. The number of nitrogens with zero attached hydrogens (tertiary/aromatic N) is 2. The molecule has 2 aromatic carbocycles. The Labute approximate surface area is 193 Å². The summed E-state index contributed by atoms with van der Waals surface area (Å²) in [4.78, 5) is 14.0. The van der Waals surface area contributed by atoms with E-state index in [-0.39, 0.29) is 5.91 Å². The van der Waals surface area contributed by atoms with Gasteiger partial charge in [0.05, 0.1) is 10.6 Å². The Morgan fingerprint density at radius 1 is 1.00 bits per heavy atom. The first-order valence-corrected chi connectivity index (χ1v) is 11.1. The molecule has 152 valence electrons. The normalized spacial score (nSPS) is 10.9. The van der Waals surface area contributed by atoms with Crippen molar-refractivity contribution in [3.05, 3.63) is 92.4 Å². The summed E-state index contributed by atoms with van der Waals surface area (Å²) in [6, 6.07) is 18.3. The van der Waals surface area contributed by atoms with Gasteiger partial charge in [-0.25, -0.2) is 4.68 Å². The smallest absolute Gasteiger partial charge is 0.270 e. The summed E-state index contributed by atoms with van der Waals surface area (Å²) < 4.78 is 1.62. The van der Waals surface area contributed by atoms with E-state index in [1.807, 2.05) is 35.7 Å². The Morgan fingerprint density at radius 3 is 2.57 bits per heavy atom. The quantitative estimate of drug-likeness (QED) is 0.344. The van der Waals surface area contributed by atoms with Crippen molar-refractivity contribution in [3.63, 3.8) is 0 Å². The molecule has 0 saturated carbocycles. The van der Waals surface area contributed by atoms with E-state index in [4.69, 9.17) is 34.8 Å². The third kappa shape index (κ3) is 4.71. The molecule has 2 aromatic heterocycles. The van der Waals surface area contributed by atoms with Gasteiger partial charge in [0, 0.05) is 21.6 Å². The number of hydrogen-bond acceptors (Lipinski definition) is 3. The predicted octanol–water partition coefficient (Wildman–Crippen LogP) is 6.53. The largest absolute Gasteiger partial charge is 0.350 e. The van der Waals surface area contributed by atoms with Crippen LogP contribution in [0, 0.1) is 0 Å². The highest BCUT2D eigenvalue weighted by atomic mass is 35.5. The van der Waals surface area contributed by atoms with E-state index in [1.165, 1.54) is 0 Å². The van der Waals surface area contributed by atoms with Crippen LogP contribution < -0.4 is 5.32 Å². The monoisotopic (exact) mass is 475 g/mol. The van der Waals surface area contributed by atoms with Crippen molar-refractivity contribution >= 4 is 52.0 Å². The third-order valence-corrected chi connectivity index (χ3v) is 6.18. The fourth-order valence-corrected chi connectivity index (χ4v) is 4.39. The molecule has 0 radical (unpaired) electrons. The van der Waals surface area contributed by atoms with Crippen LogP contribution in [0.25, 0.3) is 16.3 Å². The molecule has 0 aliphatic rings. The summed E-state index contributed by atoms with van der Waals surface area (Å²) in [5.41, 5.74) is 2.80. The molecule has 0 spiro atoms. The highest BCUT2D eigenvalue weighted by Gasteiger charge is 2.18. The van der Waals surface area contributed by atoms with Gasteiger partial charge < -0.3 is 5.32 Å². The first kappa shape index (κ1) is 20.9. The highest BCUT2D eigenvalue weighted by Crippen LogP contribution is 2.26. The second-order valence-corrected chi connectivity index (χ2v) is 8.75. The zero-order chi connectivity index (χ0) is 21.1. The number of carbonyl (C=O) groups is 1. The van der Waals surface area contributed by atoms with Crippen molar-refractivity contribution < 1.29 is 4.79 Å². The maximum Gasteiger partial charge on any atom is 0.270 e. The fraction of sp³-hybridized carbons (Fsp3) is 0.0909. The average Bonchev–Trinajstić information content (AvgIpc) is 3.39. The summed E-state index contributed by atoms with van der Waals surface area (Å²) >= 11 is 19.9. The Bertz CT molecular complexity index is 1190. The topological polar surface area (TPSA) is 46.9 Å². The maximum absolute atomic E-state index is 13.0. The number of hydrogen-bond donors (Lipinski definition) is 1. The Balaban J connectivity index is 1.57. The van der Waals surface area contributed by atoms with Gasteiger partial charge in [-0.15, -0.1) is 11.3 Å². The lowest BCUT2D eigenvalue weighted by atomic mass is 10.1. The fourth-order valence-electron chi connectivity index (χ4n) is 3.02. The number of aromatic nitrogens is 2. The summed E-state index contributed by atoms with van der Waals surface area (Å²) in [6.45, 7) is 0.426. The summed E-state index contributed by atoms with van der Waals surface area (Å²) in [5, 5.41) is 11.3. The first-order chi connectivity index (χ1) is 14.5. The van der Waals surface area contributed by atoms with Crippen molar-refractivity contribution in [3.8, 4) is 16.3 Å². The van der Waals surface area contributed by atoms with Gasteiger partial charge in [-0.3, -0.25) is 4.79 Å². The number of nitrogens with one attached hydrogen (secondary N) is 1. The molecule has 0 aliphatic heterocycles. The Hall–Kier alpha value is -2.31. The molecule has 0 saturated heterocycles. The minimum Gasteiger partial charge on any atom is -0.350 e. The van der Waals surface area contributed by atoms with Crippen molar-refractivity contribution in [2.45, 2.75) is 6.42 Å². The van der Waals surface area contributed by atoms with E-state index in [0.29, 0.717) is 33.7 Å². The standard InChI is InChI=1S/C22H16Cl3N3OS/c23-15-3-1-4-17(11-15)28-20(13-19(27-28)21-5-2-10-30-21)22(29)26-9-8-14-6-7-16(24)12-18(14)25/h1-7,10-13H,8-9H2,(H,26,29). The van der Waals surface area contributed by atoms with Crippen molar-refractivity contribution in [2.24, 2.45) is 0 Å². The zero-order valence-corrected chi connectivity index (χ0v) is 18.7. The molecule has 0 aliphatic carbocycles. The molecular formula is C22H16Cl3N3OS. The molecular weight excluding hydrogens is 461 g/mol. The number of amides is 1. The number of carbonyl (C=O) groups excluding carboxylic acids is 1. The van der Waals surface area contributed by atoms with Gasteiger partial charge in [0.15, 0.2) is 0 Å². The second kappa shape index (κ2) is 9.23. The van der Waals surface area contributed by atoms with E-state index in [2.05, 4.69) is 10.4 Å². The van der Waals surface area contributed by atoms with Gasteiger partial charge in [0.25, 0.3) is 5.91 Å². The van der Waals surface area contributed by atoms with E-state index < -0.39 is 0 Å². The third-order valence-electron chi connectivity index (χ3n) is 4.46. The van der Waals surface area contributed by atoms with E-state index in [9.17, 15) is 4.79 Å². The first-order valence-electron chi connectivity index (χ1n) is 9.13. The van der Waals surface area contributed by atoms with Gasteiger partial charge in [-0.2, -0.15) is 5.10 Å². The number of benzene rings is 2. The van der Waals surface area contributed by atoms with Crippen molar-refractivity contribution in [1.29, 1.82) is 0 Å². The summed E-state index contributed by atoms with van der Waals surface area (Å²) in [5.74, 6) is -0.227. The molecule has 4 nitrogen and oxygen atoms in total. The minimum atomic E-state index is -0.227. The molecule has 0 fully saturated rings. The molecule has 0 atom stereocenters. The van der Waals surface area contributed by atoms with Gasteiger partial charge in [0.2, 0.25) is 0 Å². The van der Waals surface area contributed by atoms with Crippen LogP contribution in [0.15, 0.2) is 66.0 Å². The molecule has 30 heavy (non-hydrogen) atoms. The van der Waals surface area contributed by atoms with Crippen LogP contribution in [0.5, 0.6) is 0 Å². The summed E-state index contributed by atoms with van der Waals surface area (Å²) in [6.07, 6.45) is 0.588. The van der Waals surface area contributed by atoms with Gasteiger partial charge in [-0.05, 0) is 59.8 Å². The van der Waals surface area contributed by atoms with Gasteiger partial charge in [0.1, 0.15) is 11.4 Å². The zero-order valence-electron chi connectivity index (χ0n) is 15.6. The van der Waals surface area contributed by atoms with Crippen LogP contribution in [-0.4, -0.2) is 22.2 Å². The predicted molar refractivity (Wildman–Crippen MR) is 124 cm³/mol. The lowest BCUT2D eigenvalue weighted by Gasteiger charge is -2.09. The molecule has 2 heterocycles. The van der Waals surface area contributed by atoms with Crippen LogP contribution in [-0.2, 0) is 6.42 Å². The van der Waals surface area contributed by atoms with Gasteiger partial charge >= 0.3 is 0 Å². The molecule has 1 N–H and O–H groups in total. The molecule has 0 bridgehead atoms. The lowest BCUT2D eigenvalue weighted by Crippen LogP contribution is -2.27. The molecule has 1 amide bonds. The Kier molecular flexibility index (Phi) is 6.44. The lowest BCUT2D eigenvalue weighted by molar-refractivity contribution is 0.0946.